The SMILES string of the molecule is Cc1ncc(-c2cc(F)c(C(=O)NCc3ccc(Cl)cc3)cc2N)o1. The second-order valence-corrected chi connectivity index (χ2v) is 5.91. The number of nitrogen functional groups attached to an aromatic ring is 1. The minimum atomic E-state index is -0.688. The normalized spacial score (nSPS) is 10.7. The van der Waals surface area contributed by atoms with E-state index in [1.165, 1.54) is 18.3 Å². The van der Waals surface area contributed by atoms with E-state index >= 15 is 0 Å². The molecule has 1 aromatic heterocycles. The Bertz CT molecular complexity index is 923. The zero-order valence-corrected chi connectivity index (χ0v) is 14.1. The Balaban J connectivity index is 1.78. The minimum absolute atomic E-state index is 0.133. The van der Waals surface area contributed by atoms with Crippen LogP contribution < -0.4 is 11.1 Å². The number of carbonyl (C=O) groups is 1. The van der Waals surface area contributed by atoms with E-state index in [2.05, 4.69) is 10.3 Å². The molecular formula is C18H15ClFN3O2. The third kappa shape index (κ3) is 3.80. The number of oxazole rings is 1. The van der Waals surface area contributed by atoms with E-state index in [-0.39, 0.29) is 17.8 Å². The summed E-state index contributed by atoms with van der Waals surface area (Å²) in [6, 6.07) is 9.46. The standard InChI is InChI=1S/C18H15ClFN3O2/c1-10-22-9-17(25-10)14-6-15(20)13(7-16(14)21)18(24)23-8-11-2-4-12(19)5-3-11/h2-7,9H,8,21H2,1H3,(H,23,24). The molecule has 1 amide bonds. The Morgan fingerprint density at radius 3 is 2.68 bits per heavy atom. The molecule has 0 aliphatic carbocycles. The Morgan fingerprint density at radius 1 is 1.32 bits per heavy atom. The number of hydrogen-bond acceptors (Lipinski definition) is 4. The number of amides is 1. The van der Waals surface area contributed by atoms with Gasteiger partial charge >= 0.3 is 0 Å². The van der Waals surface area contributed by atoms with Crippen LogP contribution in [0.4, 0.5) is 10.1 Å². The molecule has 0 bridgehead atoms. The first-order valence-corrected chi connectivity index (χ1v) is 7.86. The number of rotatable bonds is 4. The van der Waals surface area contributed by atoms with Gasteiger partial charge in [-0.1, -0.05) is 23.7 Å². The number of anilines is 1. The van der Waals surface area contributed by atoms with Crippen LogP contribution >= 0.6 is 11.6 Å². The molecule has 3 N–H and O–H groups in total. The summed E-state index contributed by atoms with van der Waals surface area (Å²) in [7, 11) is 0. The largest absolute Gasteiger partial charge is 0.441 e. The maximum Gasteiger partial charge on any atom is 0.254 e. The van der Waals surface area contributed by atoms with Gasteiger partial charge in [0.05, 0.1) is 11.8 Å². The van der Waals surface area contributed by atoms with Crippen LogP contribution in [0.5, 0.6) is 0 Å². The molecule has 128 valence electrons. The highest BCUT2D eigenvalue weighted by Gasteiger charge is 2.17. The summed E-state index contributed by atoms with van der Waals surface area (Å²) in [5.41, 5.74) is 7.24. The third-order valence-corrected chi connectivity index (χ3v) is 3.89. The van der Waals surface area contributed by atoms with E-state index in [0.29, 0.717) is 22.2 Å². The van der Waals surface area contributed by atoms with Crippen molar-refractivity contribution in [2.75, 3.05) is 5.73 Å². The average Bonchev–Trinajstić information content (AvgIpc) is 3.02. The average molecular weight is 360 g/mol. The number of halogens is 2. The van der Waals surface area contributed by atoms with Gasteiger partial charge in [0.2, 0.25) is 0 Å². The highest BCUT2D eigenvalue weighted by Crippen LogP contribution is 2.29. The highest BCUT2D eigenvalue weighted by molar-refractivity contribution is 6.30. The number of nitrogens with two attached hydrogens (primary N) is 1. The molecule has 7 heteroatoms. The summed E-state index contributed by atoms with van der Waals surface area (Å²) in [6.45, 7) is 1.92. The summed E-state index contributed by atoms with van der Waals surface area (Å²) >= 11 is 5.81. The monoisotopic (exact) mass is 359 g/mol. The molecule has 25 heavy (non-hydrogen) atoms. The Morgan fingerprint density at radius 2 is 2.04 bits per heavy atom. The van der Waals surface area contributed by atoms with Gasteiger partial charge in [-0.25, -0.2) is 9.37 Å². The van der Waals surface area contributed by atoms with Crippen LogP contribution in [0.25, 0.3) is 11.3 Å². The van der Waals surface area contributed by atoms with Gasteiger partial charge in [-0.15, -0.1) is 0 Å². The van der Waals surface area contributed by atoms with Crippen LogP contribution in [0.15, 0.2) is 47.0 Å². The number of aryl methyl sites for hydroxylation is 1. The van der Waals surface area contributed by atoms with Gasteiger partial charge in [-0.2, -0.15) is 0 Å². The van der Waals surface area contributed by atoms with Gasteiger partial charge in [-0.05, 0) is 29.8 Å². The lowest BCUT2D eigenvalue weighted by Gasteiger charge is -2.09. The van der Waals surface area contributed by atoms with Crippen molar-refractivity contribution in [2.45, 2.75) is 13.5 Å². The van der Waals surface area contributed by atoms with Gasteiger partial charge in [0.15, 0.2) is 11.7 Å². The number of nitrogens with one attached hydrogen (secondary N) is 1. The zero-order valence-electron chi connectivity index (χ0n) is 13.3. The lowest BCUT2D eigenvalue weighted by atomic mass is 10.1. The van der Waals surface area contributed by atoms with Crippen LogP contribution in [-0.2, 0) is 6.54 Å². The van der Waals surface area contributed by atoms with Crippen molar-refractivity contribution in [2.24, 2.45) is 0 Å². The minimum Gasteiger partial charge on any atom is -0.441 e. The number of aromatic nitrogens is 1. The molecule has 0 fully saturated rings. The lowest BCUT2D eigenvalue weighted by Crippen LogP contribution is -2.24. The van der Waals surface area contributed by atoms with Gasteiger partial charge in [0.25, 0.3) is 5.91 Å². The molecule has 0 atom stereocenters. The molecule has 0 unspecified atom stereocenters. The fraction of sp³-hybridized carbons (Fsp3) is 0.111. The van der Waals surface area contributed by atoms with E-state index < -0.39 is 11.7 Å². The predicted molar refractivity (Wildman–Crippen MR) is 93.7 cm³/mol. The van der Waals surface area contributed by atoms with Crippen molar-refractivity contribution in [1.82, 2.24) is 10.3 Å². The van der Waals surface area contributed by atoms with Crippen molar-refractivity contribution in [3.05, 3.63) is 70.5 Å². The van der Waals surface area contributed by atoms with E-state index in [4.69, 9.17) is 21.8 Å². The quantitative estimate of drug-likeness (QED) is 0.691. The van der Waals surface area contributed by atoms with E-state index in [0.717, 1.165) is 5.56 Å². The molecule has 3 rings (SSSR count). The molecular weight excluding hydrogens is 345 g/mol. The van der Waals surface area contributed by atoms with Crippen LogP contribution in [0.2, 0.25) is 5.02 Å². The van der Waals surface area contributed by atoms with Gasteiger partial charge in [0, 0.05) is 29.7 Å². The van der Waals surface area contributed by atoms with E-state index in [9.17, 15) is 9.18 Å². The number of nitrogens with zero attached hydrogens (tertiary/aromatic N) is 1. The van der Waals surface area contributed by atoms with Gasteiger partial charge in [-0.3, -0.25) is 4.79 Å². The van der Waals surface area contributed by atoms with Crippen LogP contribution in [-0.4, -0.2) is 10.9 Å². The first kappa shape index (κ1) is 17.0. The molecule has 0 radical (unpaired) electrons. The van der Waals surface area contributed by atoms with E-state index in [1.807, 2.05) is 0 Å². The fourth-order valence-electron chi connectivity index (χ4n) is 2.34. The molecule has 0 aliphatic rings. The maximum absolute atomic E-state index is 14.4. The summed E-state index contributed by atoms with van der Waals surface area (Å²) in [5, 5.41) is 3.26. The first-order valence-electron chi connectivity index (χ1n) is 7.48. The third-order valence-electron chi connectivity index (χ3n) is 3.64. The molecule has 0 saturated heterocycles. The molecule has 0 aliphatic heterocycles. The summed E-state index contributed by atoms with van der Waals surface area (Å²) in [5.74, 6) is -0.451. The lowest BCUT2D eigenvalue weighted by molar-refractivity contribution is 0.0947. The molecule has 0 saturated carbocycles. The number of benzene rings is 2. The second kappa shape index (κ2) is 6.94. The van der Waals surface area contributed by atoms with Gasteiger partial charge in [0.1, 0.15) is 5.82 Å². The van der Waals surface area contributed by atoms with Crippen LogP contribution in [0.3, 0.4) is 0 Å². The first-order chi connectivity index (χ1) is 11.9. The molecule has 1 heterocycles. The van der Waals surface area contributed by atoms with Gasteiger partial charge < -0.3 is 15.5 Å². The summed E-state index contributed by atoms with van der Waals surface area (Å²) < 4.78 is 19.7. The number of hydrogen-bond donors (Lipinski definition) is 2. The molecule has 0 spiro atoms. The Labute approximate surface area is 148 Å². The fourth-order valence-corrected chi connectivity index (χ4v) is 2.47. The van der Waals surface area contributed by atoms with Crippen molar-refractivity contribution in [1.29, 1.82) is 0 Å². The summed E-state index contributed by atoms with van der Waals surface area (Å²) in [6.07, 6.45) is 1.46. The maximum atomic E-state index is 14.4. The molecule has 2 aromatic carbocycles. The summed E-state index contributed by atoms with van der Waals surface area (Å²) in [4.78, 5) is 16.2. The molecule has 5 nitrogen and oxygen atoms in total. The second-order valence-electron chi connectivity index (χ2n) is 5.47. The van der Waals surface area contributed by atoms with Crippen LogP contribution in [0.1, 0.15) is 21.8 Å². The molecule has 3 aromatic rings. The highest BCUT2D eigenvalue weighted by atomic mass is 35.5. The predicted octanol–water partition coefficient (Wildman–Crippen LogP) is 3.95. The van der Waals surface area contributed by atoms with Crippen molar-refractivity contribution in [3.8, 4) is 11.3 Å². The van der Waals surface area contributed by atoms with Crippen molar-refractivity contribution >= 4 is 23.2 Å². The van der Waals surface area contributed by atoms with Crippen LogP contribution in [0, 0.1) is 12.7 Å². The zero-order chi connectivity index (χ0) is 18.0. The van der Waals surface area contributed by atoms with Crippen molar-refractivity contribution in [3.63, 3.8) is 0 Å². The van der Waals surface area contributed by atoms with Crippen molar-refractivity contribution < 1.29 is 13.6 Å². The number of carbonyl (C=O) groups excluding carboxylic acids is 1. The topological polar surface area (TPSA) is 81.2 Å². The van der Waals surface area contributed by atoms with E-state index in [1.54, 1.807) is 31.2 Å². The smallest absolute Gasteiger partial charge is 0.254 e. The Kier molecular flexibility index (Phi) is 4.72. The Hall–Kier alpha value is -2.86.